The van der Waals surface area contributed by atoms with Crippen LogP contribution in [0.2, 0.25) is 0 Å². The molecule has 1 aromatic rings. The van der Waals surface area contributed by atoms with Gasteiger partial charge in [-0.25, -0.2) is 0 Å². The highest BCUT2D eigenvalue weighted by atomic mass is 35.5. The first kappa shape index (κ1) is 22.0. The number of nitrogens with one attached hydrogen (secondary N) is 2. The largest absolute Gasteiger partial charge is 0.491 e. The minimum Gasteiger partial charge on any atom is -0.491 e. The van der Waals surface area contributed by atoms with Crippen molar-refractivity contribution in [1.29, 1.82) is 0 Å². The van der Waals surface area contributed by atoms with Crippen molar-refractivity contribution in [3.63, 3.8) is 0 Å². The van der Waals surface area contributed by atoms with Gasteiger partial charge in [-0.3, -0.25) is 9.59 Å². The number of halogens is 4. The summed E-state index contributed by atoms with van der Waals surface area (Å²) in [6, 6.07) is 2.80. The molecule has 0 aromatic heterocycles. The third kappa shape index (κ3) is 7.05. The molecule has 2 amide bonds. The Balaban J connectivity index is 0.00000529. The molecule has 0 unspecified atom stereocenters. The summed E-state index contributed by atoms with van der Waals surface area (Å²) < 4.78 is 43.6. The van der Waals surface area contributed by atoms with E-state index in [0.717, 1.165) is 18.2 Å². The van der Waals surface area contributed by atoms with E-state index in [2.05, 4.69) is 10.6 Å². The summed E-state index contributed by atoms with van der Waals surface area (Å²) >= 11 is 0. The fourth-order valence-electron chi connectivity index (χ4n) is 1.59. The van der Waals surface area contributed by atoms with Crippen molar-refractivity contribution in [3.05, 3.63) is 23.8 Å². The van der Waals surface area contributed by atoms with E-state index in [4.69, 9.17) is 10.5 Å². The summed E-state index contributed by atoms with van der Waals surface area (Å²) in [5.74, 6) is -1.11. The highest BCUT2D eigenvalue weighted by molar-refractivity contribution is 5.96. The van der Waals surface area contributed by atoms with Crippen LogP contribution >= 0.6 is 12.4 Å². The van der Waals surface area contributed by atoms with Gasteiger partial charge in [0.2, 0.25) is 11.8 Å². The summed E-state index contributed by atoms with van der Waals surface area (Å²) in [6.07, 6.45) is -3.89. The maximum atomic E-state index is 12.8. The minimum atomic E-state index is -4.55. The number of rotatable bonds is 7. The standard InChI is InChI=1S/C14H18F3N3O3.ClH/c1-2-5-23-11-4-3-9(14(15,16)17)6-10(11)20-13(22)8-19-12(21)7-18;/h3-4,6H,2,5,7-8,18H2,1H3,(H,19,21)(H,20,22);1H. The van der Waals surface area contributed by atoms with Crippen LogP contribution in [0.25, 0.3) is 0 Å². The molecule has 0 bridgehead atoms. The van der Waals surface area contributed by atoms with Crippen molar-refractivity contribution in [3.8, 4) is 5.75 Å². The summed E-state index contributed by atoms with van der Waals surface area (Å²) in [4.78, 5) is 22.7. The zero-order chi connectivity index (χ0) is 17.5. The van der Waals surface area contributed by atoms with Crippen LogP contribution in [0.3, 0.4) is 0 Å². The normalized spacial score (nSPS) is 10.5. The molecule has 24 heavy (non-hydrogen) atoms. The zero-order valence-electron chi connectivity index (χ0n) is 12.9. The van der Waals surface area contributed by atoms with Crippen LogP contribution in [0, 0.1) is 0 Å². The van der Waals surface area contributed by atoms with Gasteiger partial charge in [-0.05, 0) is 24.6 Å². The lowest BCUT2D eigenvalue weighted by molar-refractivity contribution is -0.137. The lowest BCUT2D eigenvalue weighted by Gasteiger charge is -2.15. The molecule has 0 saturated heterocycles. The smallest absolute Gasteiger partial charge is 0.416 e. The summed E-state index contributed by atoms with van der Waals surface area (Å²) in [5.41, 5.74) is 4.04. The highest BCUT2D eigenvalue weighted by Gasteiger charge is 2.31. The van der Waals surface area contributed by atoms with E-state index in [1.807, 2.05) is 6.92 Å². The Morgan fingerprint density at radius 1 is 1.25 bits per heavy atom. The number of carbonyl (C=O) groups is 2. The SMILES string of the molecule is CCCOc1ccc(C(F)(F)F)cc1NC(=O)CNC(=O)CN.Cl. The van der Waals surface area contributed by atoms with Crippen molar-refractivity contribution in [2.45, 2.75) is 19.5 Å². The van der Waals surface area contributed by atoms with Gasteiger partial charge in [0, 0.05) is 0 Å². The van der Waals surface area contributed by atoms with Crippen molar-refractivity contribution in [2.75, 3.05) is 25.0 Å². The molecule has 1 aromatic carbocycles. The topological polar surface area (TPSA) is 93.5 Å². The number of alkyl halides is 3. The summed E-state index contributed by atoms with van der Waals surface area (Å²) in [7, 11) is 0. The van der Waals surface area contributed by atoms with Crippen molar-refractivity contribution in [1.82, 2.24) is 5.32 Å². The maximum absolute atomic E-state index is 12.8. The van der Waals surface area contributed by atoms with Crippen molar-refractivity contribution in [2.24, 2.45) is 5.73 Å². The molecule has 10 heteroatoms. The van der Waals surface area contributed by atoms with Crippen LogP contribution in [-0.4, -0.2) is 31.5 Å². The van der Waals surface area contributed by atoms with Crippen molar-refractivity contribution < 1.29 is 27.5 Å². The second-order valence-corrected chi connectivity index (χ2v) is 4.59. The van der Waals surface area contributed by atoms with Gasteiger partial charge >= 0.3 is 6.18 Å². The quantitative estimate of drug-likeness (QED) is 0.684. The van der Waals surface area contributed by atoms with Gasteiger partial charge in [0.25, 0.3) is 0 Å². The molecule has 0 spiro atoms. The molecule has 136 valence electrons. The molecule has 6 nitrogen and oxygen atoms in total. The Morgan fingerprint density at radius 3 is 2.46 bits per heavy atom. The molecule has 0 fully saturated rings. The highest BCUT2D eigenvalue weighted by Crippen LogP contribution is 2.35. The third-order valence-corrected chi connectivity index (χ3v) is 2.67. The Bertz CT molecular complexity index is 568. The summed E-state index contributed by atoms with van der Waals surface area (Å²) in [6.45, 7) is 1.43. The molecule has 0 aliphatic heterocycles. The lowest BCUT2D eigenvalue weighted by Crippen LogP contribution is -2.36. The number of hydrogen-bond acceptors (Lipinski definition) is 4. The van der Waals surface area contributed by atoms with Gasteiger partial charge in [-0.15, -0.1) is 12.4 Å². The molecule has 0 atom stereocenters. The molecule has 0 aliphatic rings. The van der Waals surface area contributed by atoms with Crippen LogP contribution < -0.4 is 21.1 Å². The average Bonchev–Trinajstić information content (AvgIpc) is 2.50. The number of hydrogen-bond donors (Lipinski definition) is 3. The molecule has 0 radical (unpaired) electrons. The van der Waals surface area contributed by atoms with E-state index in [1.165, 1.54) is 0 Å². The molecule has 0 heterocycles. The van der Waals surface area contributed by atoms with Gasteiger partial charge in [-0.1, -0.05) is 6.92 Å². The fourth-order valence-corrected chi connectivity index (χ4v) is 1.59. The molecule has 4 N–H and O–H groups in total. The number of anilines is 1. The monoisotopic (exact) mass is 369 g/mol. The van der Waals surface area contributed by atoms with Gasteiger partial charge in [0.15, 0.2) is 0 Å². The second-order valence-electron chi connectivity index (χ2n) is 4.59. The van der Waals surface area contributed by atoms with Crippen LogP contribution in [0.5, 0.6) is 5.75 Å². The zero-order valence-corrected chi connectivity index (χ0v) is 13.7. The molecule has 0 aliphatic carbocycles. The van der Waals surface area contributed by atoms with Gasteiger partial charge in [0.1, 0.15) is 5.75 Å². The van der Waals surface area contributed by atoms with Crippen molar-refractivity contribution >= 4 is 29.9 Å². The van der Waals surface area contributed by atoms with E-state index in [-0.39, 0.29) is 37.0 Å². The maximum Gasteiger partial charge on any atom is 0.416 e. The van der Waals surface area contributed by atoms with Gasteiger partial charge < -0.3 is 21.1 Å². The summed E-state index contributed by atoms with van der Waals surface area (Å²) in [5, 5.41) is 4.51. The third-order valence-electron chi connectivity index (χ3n) is 2.67. The predicted octanol–water partition coefficient (Wildman–Crippen LogP) is 1.93. The first-order valence-corrected chi connectivity index (χ1v) is 6.88. The lowest BCUT2D eigenvalue weighted by atomic mass is 10.1. The molecular weight excluding hydrogens is 351 g/mol. The molecular formula is C14H19ClF3N3O3. The Labute approximate surface area is 143 Å². The van der Waals surface area contributed by atoms with E-state index >= 15 is 0 Å². The number of amides is 2. The number of ether oxygens (including phenoxy) is 1. The number of nitrogens with two attached hydrogens (primary N) is 1. The Morgan fingerprint density at radius 2 is 1.92 bits per heavy atom. The molecule has 1 rings (SSSR count). The van der Waals surface area contributed by atoms with Crippen LogP contribution in [-0.2, 0) is 15.8 Å². The second kappa shape index (κ2) is 9.99. The molecule has 0 saturated carbocycles. The first-order chi connectivity index (χ1) is 10.8. The van der Waals surface area contributed by atoms with E-state index < -0.39 is 30.1 Å². The van der Waals surface area contributed by atoms with Crippen LogP contribution in [0.4, 0.5) is 18.9 Å². The van der Waals surface area contributed by atoms with E-state index in [9.17, 15) is 22.8 Å². The van der Waals surface area contributed by atoms with Crippen LogP contribution in [0.1, 0.15) is 18.9 Å². The minimum absolute atomic E-state index is 0. The number of carbonyl (C=O) groups excluding carboxylic acids is 2. The van der Waals surface area contributed by atoms with Crippen LogP contribution in [0.15, 0.2) is 18.2 Å². The van der Waals surface area contributed by atoms with E-state index in [0.29, 0.717) is 6.42 Å². The van der Waals surface area contributed by atoms with E-state index in [1.54, 1.807) is 0 Å². The average molecular weight is 370 g/mol. The Kier molecular flexibility index (Phi) is 9.16. The fraction of sp³-hybridized carbons (Fsp3) is 0.429. The predicted molar refractivity (Wildman–Crippen MR) is 85.2 cm³/mol. The first-order valence-electron chi connectivity index (χ1n) is 6.88. The van der Waals surface area contributed by atoms with Gasteiger partial charge in [-0.2, -0.15) is 13.2 Å². The Hall–Kier alpha value is -2.00. The number of benzene rings is 1. The van der Waals surface area contributed by atoms with Gasteiger partial charge in [0.05, 0.1) is 30.9 Å².